The normalized spacial score (nSPS) is 18.8. The van der Waals surface area contributed by atoms with Crippen molar-refractivity contribution in [2.75, 3.05) is 6.54 Å². The van der Waals surface area contributed by atoms with E-state index >= 15 is 0 Å². The molecule has 3 N–H and O–H groups in total. The SMILES string of the molecule is CC[C@@](I)(NC(=O)[C@@H]1C[C@@H](Oc2nccc3cc(OC(C)C)ccc23)CN1C(=O)[C@H](CCC(=O)C=C(C)C)NC(=O)OC(C)(C)C)C(=O)NS(=O)(=O)C1CC1. The van der Waals surface area contributed by atoms with Crippen LogP contribution in [0.1, 0.15) is 93.9 Å². The van der Waals surface area contributed by atoms with Crippen molar-refractivity contribution in [2.24, 2.45) is 0 Å². The zero-order valence-corrected chi connectivity index (χ0v) is 35.5. The standard InChI is InChI=1S/C38H52IN5O10S/c1-9-38(39,35(48)43-55(50,51)28-12-13-28)42-32(46)31-20-27(53-33-29-14-11-26(52-23(4)5)19-24(29)16-17-40-33)21-44(31)34(47)30(15-10-25(45)18-22(2)3)41-36(49)54-37(6,7)8/h11,14,16-19,23,27-28,30-31H,9-10,12-13,15,20-21H2,1-8H3,(H,41,49)(H,42,46)(H,43,48)/t27-,30+,31+,38-/m1/s1. The number of aromatic nitrogens is 1. The summed E-state index contributed by atoms with van der Waals surface area (Å²) in [5.41, 5.74) is -0.128. The van der Waals surface area contributed by atoms with Crippen LogP contribution < -0.4 is 24.8 Å². The Hall–Kier alpha value is -4.00. The molecule has 17 heteroatoms. The van der Waals surface area contributed by atoms with Crippen molar-refractivity contribution in [2.45, 2.75) is 133 Å². The average Bonchev–Trinajstić information content (AvgIpc) is 3.86. The number of nitrogens with zero attached hydrogens (tertiary/aromatic N) is 2. The first kappa shape index (κ1) is 43.7. The van der Waals surface area contributed by atoms with Crippen molar-refractivity contribution in [3.8, 4) is 11.6 Å². The molecular formula is C38H52IN5O10S. The summed E-state index contributed by atoms with van der Waals surface area (Å²) in [5, 5.41) is 6.07. The maximum atomic E-state index is 14.5. The second-order valence-corrected chi connectivity index (χ2v) is 19.2. The Morgan fingerprint density at radius 1 is 1.09 bits per heavy atom. The van der Waals surface area contributed by atoms with Crippen LogP contribution in [0, 0.1) is 0 Å². The van der Waals surface area contributed by atoms with E-state index in [9.17, 15) is 32.4 Å². The molecule has 2 fully saturated rings. The van der Waals surface area contributed by atoms with Crippen LogP contribution in [0.5, 0.6) is 11.6 Å². The highest BCUT2D eigenvalue weighted by atomic mass is 127. The zero-order chi connectivity index (χ0) is 40.9. The Morgan fingerprint density at radius 2 is 1.78 bits per heavy atom. The van der Waals surface area contributed by atoms with Gasteiger partial charge in [0.25, 0.3) is 5.91 Å². The highest BCUT2D eigenvalue weighted by molar-refractivity contribution is 14.1. The summed E-state index contributed by atoms with van der Waals surface area (Å²) in [5.74, 6) is -1.68. The van der Waals surface area contributed by atoms with Gasteiger partial charge in [0.15, 0.2) is 9.33 Å². The van der Waals surface area contributed by atoms with Crippen molar-refractivity contribution in [3.63, 3.8) is 0 Å². The minimum Gasteiger partial charge on any atom is -0.491 e. The molecule has 0 unspecified atom stereocenters. The first-order valence-corrected chi connectivity index (χ1v) is 21.0. The molecule has 0 bridgehead atoms. The first-order valence-electron chi connectivity index (χ1n) is 18.4. The van der Waals surface area contributed by atoms with E-state index in [0.717, 1.165) is 11.0 Å². The van der Waals surface area contributed by atoms with Gasteiger partial charge in [-0.2, -0.15) is 0 Å². The van der Waals surface area contributed by atoms with E-state index in [-0.39, 0.29) is 50.0 Å². The van der Waals surface area contributed by atoms with E-state index in [0.29, 0.717) is 24.0 Å². The molecule has 2 heterocycles. The lowest BCUT2D eigenvalue weighted by Crippen LogP contribution is -2.60. The van der Waals surface area contributed by atoms with E-state index in [1.165, 1.54) is 11.0 Å². The number of halogens is 1. The third-order valence-electron chi connectivity index (χ3n) is 8.68. The lowest BCUT2D eigenvalue weighted by molar-refractivity contribution is -0.141. The molecule has 2 aliphatic rings. The number of hydrogen-bond acceptors (Lipinski definition) is 11. The average molecular weight is 898 g/mol. The second-order valence-electron chi connectivity index (χ2n) is 15.4. The molecule has 4 amide bonds. The summed E-state index contributed by atoms with van der Waals surface area (Å²) < 4.78 is 43.3. The number of allylic oxidation sites excluding steroid dienone is 2. The number of likely N-dealkylation sites (tertiary alicyclic amines) is 1. The fourth-order valence-electron chi connectivity index (χ4n) is 5.94. The number of amides is 4. The predicted molar refractivity (Wildman–Crippen MR) is 214 cm³/mol. The Morgan fingerprint density at radius 3 is 2.38 bits per heavy atom. The van der Waals surface area contributed by atoms with E-state index in [4.69, 9.17) is 14.2 Å². The van der Waals surface area contributed by atoms with Crippen LogP contribution in [0.2, 0.25) is 0 Å². The van der Waals surface area contributed by atoms with Gasteiger partial charge in [0.2, 0.25) is 27.7 Å². The Kier molecular flexibility index (Phi) is 14.2. The van der Waals surface area contributed by atoms with Crippen molar-refractivity contribution < 1.29 is 46.6 Å². The van der Waals surface area contributed by atoms with Crippen molar-refractivity contribution >= 4 is 73.0 Å². The summed E-state index contributed by atoms with van der Waals surface area (Å²) in [6.45, 7) is 13.9. The summed E-state index contributed by atoms with van der Waals surface area (Å²) in [6.07, 6.45) is 1.96. The number of carbonyl (C=O) groups is 5. The van der Waals surface area contributed by atoms with Gasteiger partial charge in [0.05, 0.1) is 17.9 Å². The number of hydrogen-bond donors (Lipinski definition) is 3. The molecule has 1 aliphatic carbocycles. The van der Waals surface area contributed by atoms with Crippen LogP contribution in [0.25, 0.3) is 10.8 Å². The molecule has 1 aromatic heterocycles. The molecule has 0 radical (unpaired) electrons. The van der Waals surface area contributed by atoms with Gasteiger partial charge in [-0.1, -0.05) is 12.5 Å². The van der Waals surface area contributed by atoms with Crippen LogP contribution in [0.3, 0.4) is 0 Å². The molecule has 302 valence electrons. The number of nitrogens with one attached hydrogen (secondary N) is 3. The number of sulfonamides is 1. The molecule has 1 aromatic carbocycles. The first-order chi connectivity index (χ1) is 25.6. The minimum atomic E-state index is -3.92. The molecule has 15 nitrogen and oxygen atoms in total. The van der Waals surface area contributed by atoms with Crippen LogP contribution in [0.15, 0.2) is 42.1 Å². The van der Waals surface area contributed by atoms with E-state index in [1.54, 1.807) is 82.5 Å². The quantitative estimate of drug-likeness (QED) is 0.0902. The number of ether oxygens (including phenoxy) is 3. The summed E-state index contributed by atoms with van der Waals surface area (Å²) in [7, 11) is -3.92. The number of alkyl halides is 1. The molecule has 0 spiro atoms. The summed E-state index contributed by atoms with van der Waals surface area (Å²) in [6, 6.07) is 4.74. The van der Waals surface area contributed by atoms with Crippen LogP contribution in [0.4, 0.5) is 4.79 Å². The third-order valence-corrected chi connectivity index (χ3v) is 12.0. The lowest BCUT2D eigenvalue weighted by atomic mass is 10.1. The van der Waals surface area contributed by atoms with Crippen molar-refractivity contribution in [3.05, 3.63) is 42.1 Å². The molecule has 2 aromatic rings. The largest absolute Gasteiger partial charge is 0.491 e. The van der Waals surface area contributed by atoms with Gasteiger partial charge in [-0.05, 0) is 132 Å². The number of benzene rings is 1. The Bertz CT molecular complexity index is 1920. The van der Waals surface area contributed by atoms with Crippen LogP contribution >= 0.6 is 22.6 Å². The predicted octanol–water partition coefficient (Wildman–Crippen LogP) is 4.85. The summed E-state index contributed by atoms with van der Waals surface area (Å²) in [4.78, 5) is 73.4. The number of carbonyl (C=O) groups excluding carboxylic acids is 5. The fraction of sp³-hybridized carbons (Fsp3) is 0.579. The highest BCUT2D eigenvalue weighted by Gasteiger charge is 2.48. The molecule has 4 rings (SSSR count). The number of fused-ring (bicyclic) bond motifs is 1. The zero-order valence-electron chi connectivity index (χ0n) is 32.6. The minimum absolute atomic E-state index is 0.0175. The van der Waals surface area contributed by atoms with Gasteiger partial charge in [-0.3, -0.25) is 23.9 Å². The molecule has 1 aliphatic heterocycles. The van der Waals surface area contributed by atoms with Gasteiger partial charge in [0.1, 0.15) is 29.5 Å². The van der Waals surface area contributed by atoms with Gasteiger partial charge in [0, 0.05) is 24.4 Å². The molecule has 55 heavy (non-hydrogen) atoms. The van der Waals surface area contributed by atoms with Crippen molar-refractivity contribution in [1.82, 2.24) is 25.2 Å². The van der Waals surface area contributed by atoms with Gasteiger partial charge in [-0.25, -0.2) is 18.2 Å². The lowest BCUT2D eigenvalue weighted by Gasteiger charge is -2.32. The van der Waals surface area contributed by atoms with E-state index in [2.05, 4.69) is 20.3 Å². The number of alkyl carbamates (subject to hydrolysis) is 1. The summed E-state index contributed by atoms with van der Waals surface area (Å²) >= 11 is 1.71. The molecule has 1 saturated heterocycles. The highest BCUT2D eigenvalue weighted by Crippen LogP contribution is 2.32. The van der Waals surface area contributed by atoms with Gasteiger partial charge < -0.3 is 29.7 Å². The maximum Gasteiger partial charge on any atom is 0.408 e. The number of pyridine rings is 1. The smallest absolute Gasteiger partial charge is 0.408 e. The van der Waals surface area contributed by atoms with Crippen molar-refractivity contribution in [1.29, 1.82) is 0 Å². The monoisotopic (exact) mass is 897 g/mol. The van der Waals surface area contributed by atoms with Crippen LogP contribution in [-0.4, -0.2) is 93.1 Å². The molecule has 4 atom stereocenters. The van der Waals surface area contributed by atoms with E-state index in [1.807, 2.05) is 26.0 Å². The van der Waals surface area contributed by atoms with Crippen LogP contribution in [-0.2, 0) is 33.9 Å². The van der Waals surface area contributed by atoms with E-state index < -0.39 is 66.4 Å². The maximum absolute atomic E-state index is 14.5. The molecular weight excluding hydrogens is 845 g/mol. The van der Waals surface area contributed by atoms with Gasteiger partial charge >= 0.3 is 6.09 Å². The number of rotatable bonds is 16. The fourth-order valence-corrected chi connectivity index (χ4v) is 7.88. The Balaban J connectivity index is 1.67. The topological polar surface area (TPSA) is 199 Å². The third kappa shape index (κ3) is 12.2. The number of ketones is 1. The molecule has 1 saturated carbocycles. The Labute approximate surface area is 336 Å². The van der Waals surface area contributed by atoms with Gasteiger partial charge in [-0.15, -0.1) is 0 Å². The second kappa shape index (κ2) is 17.9.